The van der Waals surface area contributed by atoms with Gasteiger partial charge in [0.1, 0.15) is 0 Å². The van der Waals surface area contributed by atoms with Crippen LogP contribution in [0.1, 0.15) is 26.2 Å². The number of hydrogen-bond donors (Lipinski definition) is 1. The zero-order valence-electron chi connectivity index (χ0n) is 17.8. The molecule has 3 heterocycles. The number of carboxylic acid groups (broad SMARTS) is 1. The molecule has 0 unspecified atom stereocenters. The van der Waals surface area contributed by atoms with Crippen LogP contribution < -0.4 is 15.4 Å². The normalized spacial score (nSPS) is 13.8. The number of carbonyl (C=O) groups is 1. The van der Waals surface area contributed by atoms with E-state index in [1.165, 1.54) is 6.42 Å². The fourth-order valence-corrected chi connectivity index (χ4v) is 3.18. The van der Waals surface area contributed by atoms with Crippen molar-refractivity contribution in [1.29, 1.82) is 0 Å². The summed E-state index contributed by atoms with van der Waals surface area (Å²) in [6.45, 7) is 4.19. The Morgan fingerprint density at radius 1 is 1.19 bits per heavy atom. The molecule has 1 N–H and O–H groups in total. The molecule has 2 aromatic heterocycles. The Balaban J connectivity index is 0.000000423. The fourth-order valence-electron chi connectivity index (χ4n) is 3.18. The van der Waals surface area contributed by atoms with Crippen molar-refractivity contribution in [2.75, 3.05) is 37.0 Å². The summed E-state index contributed by atoms with van der Waals surface area (Å²) in [7, 11) is 5.49. The average Bonchev–Trinajstić information content (AvgIpc) is 3.08. The second-order valence-electron chi connectivity index (χ2n) is 7.12. The monoisotopic (exact) mass is 442 g/mol. The summed E-state index contributed by atoms with van der Waals surface area (Å²) in [4.78, 5) is 35.2. The minimum atomic E-state index is -5.08. The first kappa shape index (κ1) is 24.0. The number of rotatable bonds is 3. The van der Waals surface area contributed by atoms with E-state index >= 15 is 0 Å². The van der Waals surface area contributed by atoms with Gasteiger partial charge in [0.2, 0.25) is 11.9 Å². The van der Waals surface area contributed by atoms with Crippen molar-refractivity contribution in [2.45, 2.75) is 38.9 Å². The van der Waals surface area contributed by atoms with Crippen molar-refractivity contribution in [3.63, 3.8) is 0 Å². The molecular weight excluding hydrogens is 417 g/mol. The molecule has 12 heteroatoms. The molecule has 0 aliphatic carbocycles. The fraction of sp³-hybridized carbons (Fsp3) is 0.579. The maximum absolute atomic E-state index is 12.9. The third-order valence-electron chi connectivity index (χ3n) is 4.64. The first-order chi connectivity index (χ1) is 14.5. The average molecular weight is 442 g/mol. The molecule has 31 heavy (non-hydrogen) atoms. The van der Waals surface area contributed by atoms with Crippen LogP contribution in [-0.2, 0) is 18.4 Å². The smallest absolute Gasteiger partial charge is 0.475 e. The Labute approximate surface area is 177 Å². The van der Waals surface area contributed by atoms with Crippen LogP contribution in [-0.4, -0.2) is 63.5 Å². The lowest BCUT2D eigenvalue weighted by atomic mass is 10.1. The van der Waals surface area contributed by atoms with Gasteiger partial charge in [-0.05, 0) is 26.2 Å². The Bertz CT molecular complexity index is 1060. The summed E-state index contributed by atoms with van der Waals surface area (Å²) in [6, 6.07) is 0. The van der Waals surface area contributed by atoms with Gasteiger partial charge < -0.3 is 14.9 Å². The van der Waals surface area contributed by atoms with Crippen LogP contribution in [0.25, 0.3) is 11.2 Å². The van der Waals surface area contributed by atoms with E-state index in [1.54, 1.807) is 18.5 Å². The molecule has 1 saturated heterocycles. The van der Waals surface area contributed by atoms with Crippen LogP contribution in [0.5, 0.6) is 0 Å². The van der Waals surface area contributed by atoms with Crippen LogP contribution in [0.4, 0.5) is 25.1 Å². The van der Waals surface area contributed by atoms with E-state index in [4.69, 9.17) is 14.9 Å². The highest BCUT2D eigenvalue weighted by Crippen LogP contribution is 2.23. The SMILES string of the molecule is CC#CCn1c(N2CCCCC2)nc2nc(N(C)C)n(C)c(=O)c21.O=C(O)C(F)(F)F. The van der Waals surface area contributed by atoms with Crippen LogP contribution in [0.2, 0.25) is 0 Å². The number of hydrogen-bond acceptors (Lipinski definition) is 6. The molecule has 0 spiro atoms. The lowest BCUT2D eigenvalue weighted by Crippen LogP contribution is -2.32. The number of anilines is 2. The van der Waals surface area contributed by atoms with Gasteiger partial charge in [0.25, 0.3) is 5.56 Å². The third kappa shape index (κ3) is 5.48. The zero-order valence-corrected chi connectivity index (χ0v) is 17.8. The lowest BCUT2D eigenvalue weighted by Gasteiger charge is -2.27. The summed E-state index contributed by atoms with van der Waals surface area (Å²) in [5.74, 6) is 4.63. The number of carboxylic acids is 1. The van der Waals surface area contributed by atoms with E-state index in [0.717, 1.165) is 31.9 Å². The highest BCUT2D eigenvalue weighted by molar-refractivity contribution is 5.76. The number of fused-ring (bicyclic) bond motifs is 1. The summed E-state index contributed by atoms with van der Waals surface area (Å²) in [5, 5.41) is 7.12. The predicted octanol–water partition coefficient (Wildman–Crippen LogP) is 1.84. The second kappa shape index (κ2) is 9.72. The van der Waals surface area contributed by atoms with Crippen LogP contribution in [0, 0.1) is 11.8 Å². The van der Waals surface area contributed by atoms with E-state index in [1.807, 2.05) is 23.6 Å². The Morgan fingerprint density at radius 2 is 1.77 bits per heavy atom. The van der Waals surface area contributed by atoms with Gasteiger partial charge in [-0.1, -0.05) is 5.92 Å². The zero-order chi connectivity index (χ0) is 23.3. The van der Waals surface area contributed by atoms with Crippen molar-refractivity contribution in [3.8, 4) is 11.8 Å². The topological polar surface area (TPSA) is 96.5 Å². The van der Waals surface area contributed by atoms with Gasteiger partial charge in [-0.2, -0.15) is 23.1 Å². The van der Waals surface area contributed by atoms with Gasteiger partial charge in [-0.25, -0.2) is 4.79 Å². The Kier molecular flexibility index (Phi) is 7.54. The molecule has 0 radical (unpaired) electrons. The first-order valence-corrected chi connectivity index (χ1v) is 9.58. The molecule has 0 saturated carbocycles. The second-order valence-corrected chi connectivity index (χ2v) is 7.12. The summed E-state index contributed by atoms with van der Waals surface area (Å²) < 4.78 is 35.2. The summed E-state index contributed by atoms with van der Waals surface area (Å²) in [6.07, 6.45) is -1.54. The number of nitrogens with zero attached hydrogens (tertiary/aromatic N) is 6. The minimum absolute atomic E-state index is 0.0858. The molecule has 170 valence electrons. The molecule has 0 atom stereocenters. The number of aromatic nitrogens is 4. The number of halogens is 3. The molecule has 0 bridgehead atoms. The predicted molar refractivity (Wildman–Crippen MR) is 110 cm³/mol. The standard InChI is InChI=1S/C17H24N6O.C2HF3O2/c1-5-6-12-23-13-14(18-16(20(2)3)21(4)15(13)24)19-17(23)22-10-8-7-9-11-22;3-2(4,5)1(6)7/h7-12H2,1-4H3;(H,6,7). The van der Waals surface area contributed by atoms with E-state index in [9.17, 15) is 18.0 Å². The van der Waals surface area contributed by atoms with Gasteiger partial charge in [0.15, 0.2) is 11.2 Å². The molecule has 1 fully saturated rings. The van der Waals surface area contributed by atoms with Gasteiger partial charge in [0.05, 0.1) is 6.54 Å². The summed E-state index contributed by atoms with van der Waals surface area (Å²) in [5.41, 5.74) is 0.948. The van der Waals surface area contributed by atoms with Crippen molar-refractivity contribution < 1.29 is 23.1 Å². The molecule has 3 rings (SSSR count). The molecule has 0 aromatic carbocycles. The Hall–Kier alpha value is -3.23. The van der Waals surface area contributed by atoms with Gasteiger partial charge in [-0.3, -0.25) is 13.9 Å². The minimum Gasteiger partial charge on any atom is -0.475 e. The van der Waals surface area contributed by atoms with E-state index in [0.29, 0.717) is 23.7 Å². The largest absolute Gasteiger partial charge is 0.490 e. The molecule has 0 amide bonds. The Morgan fingerprint density at radius 3 is 2.26 bits per heavy atom. The van der Waals surface area contributed by atoms with Crippen molar-refractivity contribution in [1.82, 2.24) is 19.1 Å². The van der Waals surface area contributed by atoms with Crippen LogP contribution in [0.15, 0.2) is 4.79 Å². The number of piperidine rings is 1. The lowest BCUT2D eigenvalue weighted by molar-refractivity contribution is -0.192. The summed E-state index contributed by atoms with van der Waals surface area (Å²) >= 11 is 0. The number of aliphatic carboxylic acids is 1. The maximum atomic E-state index is 12.9. The van der Waals surface area contributed by atoms with Crippen molar-refractivity contribution in [3.05, 3.63) is 10.4 Å². The van der Waals surface area contributed by atoms with Crippen LogP contribution >= 0.6 is 0 Å². The van der Waals surface area contributed by atoms with E-state index in [2.05, 4.69) is 21.7 Å². The van der Waals surface area contributed by atoms with E-state index < -0.39 is 12.1 Å². The van der Waals surface area contributed by atoms with Crippen LogP contribution in [0.3, 0.4) is 0 Å². The molecule has 9 nitrogen and oxygen atoms in total. The highest BCUT2D eigenvalue weighted by atomic mass is 19.4. The van der Waals surface area contributed by atoms with Gasteiger partial charge in [0, 0.05) is 34.2 Å². The van der Waals surface area contributed by atoms with Gasteiger partial charge in [-0.15, -0.1) is 5.92 Å². The molecule has 1 aliphatic heterocycles. The van der Waals surface area contributed by atoms with E-state index in [-0.39, 0.29) is 5.56 Å². The molecule has 2 aromatic rings. The molecular formula is C19H25F3N6O3. The number of alkyl halides is 3. The quantitative estimate of drug-likeness (QED) is 0.725. The highest BCUT2D eigenvalue weighted by Gasteiger charge is 2.38. The first-order valence-electron chi connectivity index (χ1n) is 9.58. The third-order valence-corrected chi connectivity index (χ3v) is 4.64. The number of imidazole rings is 1. The van der Waals surface area contributed by atoms with Crippen molar-refractivity contribution in [2.24, 2.45) is 7.05 Å². The van der Waals surface area contributed by atoms with Gasteiger partial charge >= 0.3 is 12.1 Å². The molecule has 1 aliphatic rings. The maximum Gasteiger partial charge on any atom is 0.490 e. The van der Waals surface area contributed by atoms with Crippen molar-refractivity contribution >= 4 is 29.0 Å².